The molecule has 3 rings (SSSR count). The highest BCUT2D eigenvalue weighted by molar-refractivity contribution is 8.00. The zero-order chi connectivity index (χ0) is 21.0. The van der Waals surface area contributed by atoms with Gasteiger partial charge in [0.05, 0.1) is 18.3 Å². The van der Waals surface area contributed by atoms with E-state index in [1.807, 2.05) is 76.2 Å². The number of aromatic nitrogens is 4. The van der Waals surface area contributed by atoms with Gasteiger partial charge in [-0.15, -0.1) is 5.10 Å². The summed E-state index contributed by atoms with van der Waals surface area (Å²) in [7, 11) is 1.58. The predicted molar refractivity (Wildman–Crippen MR) is 114 cm³/mol. The smallest absolute Gasteiger partial charge is 0.242 e. The maximum atomic E-state index is 13.3. The van der Waals surface area contributed by atoms with Crippen molar-refractivity contribution in [1.29, 1.82) is 0 Å². The number of hydrogen-bond acceptors (Lipinski definition) is 6. The van der Waals surface area contributed by atoms with E-state index in [-0.39, 0.29) is 11.4 Å². The SMILES string of the molecule is COc1ccc(C)cc1NC(=O)C(Sc1nnnn1C(C)(C)C)c1ccccc1. The largest absolute Gasteiger partial charge is 0.495 e. The molecule has 1 unspecified atom stereocenters. The van der Waals surface area contributed by atoms with Crippen molar-refractivity contribution >= 4 is 23.4 Å². The summed E-state index contributed by atoms with van der Waals surface area (Å²) in [4.78, 5) is 13.3. The van der Waals surface area contributed by atoms with Crippen molar-refractivity contribution in [2.45, 2.75) is 43.6 Å². The molecule has 0 aliphatic carbocycles. The van der Waals surface area contributed by atoms with Gasteiger partial charge in [0.15, 0.2) is 0 Å². The molecule has 7 nitrogen and oxygen atoms in total. The predicted octanol–water partition coefficient (Wildman–Crippen LogP) is 4.22. The number of aryl methyl sites for hydroxylation is 1. The molecule has 0 aliphatic rings. The van der Waals surface area contributed by atoms with Crippen LogP contribution in [0.15, 0.2) is 53.7 Å². The number of ether oxygens (including phenoxy) is 1. The third-order valence-corrected chi connectivity index (χ3v) is 5.44. The second-order valence-corrected chi connectivity index (χ2v) is 8.72. The molecule has 1 heterocycles. The fourth-order valence-corrected chi connectivity index (χ4v) is 3.96. The van der Waals surface area contributed by atoms with Crippen LogP contribution in [0.25, 0.3) is 0 Å². The first-order valence-electron chi connectivity index (χ1n) is 9.25. The number of thioether (sulfide) groups is 1. The van der Waals surface area contributed by atoms with Gasteiger partial charge in [-0.05, 0) is 61.4 Å². The number of carbonyl (C=O) groups excluding carboxylic acids is 1. The van der Waals surface area contributed by atoms with E-state index < -0.39 is 5.25 Å². The summed E-state index contributed by atoms with van der Waals surface area (Å²) in [6, 6.07) is 15.3. The van der Waals surface area contributed by atoms with Gasteiger partial charge in [-0.3, -0.25) is 4.79 Å². The van der Waals surface area contributed by atoms with Crippen LogP contribution in [0.1, 0.15) is 37.1 Å². The van der Waals surface area contributed by atoms with Gasteiger partial charge in [-0.25, -0.2) is 4.68 Å². The Balaban J connectivity index is 1.94. The topological polar surface area (TPSA) is 81.9 Å². The van der Waals surface area contributed by atoms with E-state index in [0.29, 0.717) is 16.6 Å². The lowest BCUT2D eigenvalue weighted by atomic mass is 10.1. The summed E-state index contributed by atoms with van der Waals surface area (Å²) in [5, 5.41) is 15.1. The fraction of sp³-hybridized carbons (Fsp3) is 0.333. The average molecular weight is 412 g/mol. The van der Waals surface area contributed by atoms with Crippen molar-refractivity contribution in [3.05, 3.63) is 59.7 Å². The third-order valence-electron chi connectivity index (χ3n) is 4.25. The quantitative estimate of drug-likeness (QED) is 0.612. The van der Waals surface area contributed by atoms with Crippen molar-refractivity contribution in [3.63, 3.8) is 0 Å². The molecule has 1 aromatic heterocycles. The normalized spacial score (nSPS) is 12.4. The zero-order valence-corrected chi connectivity index (χ0v) is 18.0. The van der Waals surface area contributed by atoms with Crippen LogP contribution in [0.2, 0.25) is 0 Å². The van der Waals surface area contributed by atoms with E-state index in [2.05, 4.69) is 20.8 Å². The molecule has 1 N–H and O–H groups in total. The van der Waals surface area contributed by atoms with Gasteiger partial charge < -0.3 is 10.1 Å². The maximum Gasteiger partial charge on any atom is 0.242 e. The highest BCUT2D eigenvalue weighted by atomic mass is 32.2. The minimum absolute atomic E-state index is 0.173. The second-order valence-electron chi connectivity index (χ2n) is 7.65. The summed E-state index contributed by atoms with van der Waals surface area (Å²) in [6.45, 7) is 8.02. The molecule has 8 heteroatoms. The summed E-state index contributed by atoms with van der Waals surface area (Å²) in [6.07, 6.45) is 0. The average Bonchev–Trinajstić information content (AvgIpc) is 3.16. The number of methoxy groups -OCH3 is 1. The van der Waals surface area contributed by atoms with E-state index >= 15 is 0 Å². The Labute approximate surface area is 174 Å². The van der Waals surface area contributed by atoms with Gasteiger partial charge in [-0.1, -0.05) is 48.2 Å². The fourth-order valence-electron chi connectivity index (χ4n) is 2.80. The van der Waals surface area contributed by atoms with E-state index in [9.17, 15) is 4.79 Å². The first kappa shape index (κ1) is 20.9. The molecule has 2 aromatic carbocycles. The van der Waals surface area contributed by atoms with Crippen LogP contribution in [-0.2, 0) is 10.3 Å². The van der Waals surface area contributed by atoms with Gasteiger partial charge in [0, 0.05) is 0 Å². The minimum atomic E-state index is -0.534. The van der Waals surface area contributed by atoms with Crippen LogP contribution >= 0.6 is 11.8 Å². The third kappa shape index (κ3) is 4.95. The Bertz CT molecular complexity index is 982. The van der Waals surface area contributed by atoms with Crippen molar-refractivity contribution in [3.8, 4) is 5.75 Å². The summed E-state index contributed by atoms with van der Waals surface area (Å²) in [5.74, 6) is 0.439. The highest BCUT2D eigenvalue weighted by Gasteiger charge is 2.28. The molecule has 0 radical (unpaired) electrons. The Hall–Kier alpha value is -2.87. The molecular weight excluding hydrogens is 386 g/mol. The van der Waals surface area contributed by atoms with E-state index in [4.69, 9.17) is 4.74 Å². The van der Waals surface area contributed by atoms with Gasteiger partial charge in [0.1, 0.15) is 11.0 Å². The number of rotatable bonds is 6. The van der Waals surface area contributed by atoms with Crippen molar-refractivity contribution in [2.24, 2.45) is 0 Å². The number of carbonyl (C=O) groups is 1. The van der Waals surface area contributed by atoms with Crippen LogP contribution in [-0.4, -0.2) is 33.2 Å². The second kappa shape index (κ2) is 8.65. The molecule has 152 valence electrons. The lowest BCUT2D eigenvalue weighted by Gasteiger charge is -2.22. The lowest BCUT2D eigenvalue weighted by molar-refractivity contribution is -0.115. The molecule has 0 bridgehead atoms. The summed E-state index contributed by atoms with van der Waals surface area (Å²) in [5.41, 5.74) is 2.23. The van der Waals surface area contributed by atoms with Crippen LogP contribution < -0.4 is 10.1 Å². The van der Waals surface area contributed by atoms with Gasteiger partial charge in [0.2, 0.25) is 11.1 Å². The van der Waals surface area contributed by atoms with Crippen LogP contribution in [0.4, 0.5) is 5.69 Å². The molecule has 1 amide bonds. The monoisotopic (exact) mass is 411 g/mol. The lowest BCUT2D eigenvalue weighted by Crippen LogP contribution is -2.25. The standard InChI is InChI=1S/C21H25N5O2S/c1-14-11-12-17(28-5)16(13-14)22-19(27)18(15-9-7-6-8-10-15)29-20-23-24-25-26(20)21(2,3)4/h6-13,18H,1-5H3,(H,22,27). The Morgan fingerprint density at radius 3 is 2.55 bits per heavy atom. The van der Waals surface area contributed by atoms with Crippen molar-refractivity contribution in [2.75, 3.05) is 12.4 Å². The highest BCUT2D eigenvalue weighted by Crippen LogP contribution is 2.37. The number of amides is 1. The minimum Gasteiger partial charge on any atom is -0.495 e. The van der Waals surface area contributed by atoms with Crippen LogP contribution in [0.5, 0.6) is 5.75 Å². The van der Waals surface area contributed by atoms with Gasteiger partial charge in [0.25, 0.3) is 0 Å². The number of benzene rings is 2. The summed E-state index contributed by atoms with van der Waals surface area (Å²) >= 11 is 1.32. The molecule has 0 fully saturated rings. The van der Waals surface area contributed by atoms with E-state index in [0.717, 1.165) is 11.1 Å². The molecule has 0 spiro atoms. The number of tetrazole rings is 1. The van der Waals surface area contributed by atoms with Gasteiger partial charge >= 0.3 is 0 Å². The molecule has 0 aliphatic heterocycles. The zero-order valence-electron chi connectivity index (χ0n) is 17.2. The number of anilines is 1. The van der Waals surface area contributed by atoms with E-state index in [1.54, 1.807) is 11.8 Å². The Kier molecular flexibility index (Phi) is 6.22. The molecular formula is C21H25N5O2S. The molecule has 0 saturated heterocycles. The molecule has 1 atom stereocenters. The summed E-state index contributed by atoms with van der Waals surface area (Å²) < 4.78 is 7.13. The van der Waals surface area contributed by atoms with Crippen LogP contribution in [0.3, 0.4) is 0 Å². The van der Waals surface area contributed by atoms with E-state index in [1.165, 1.54) is 11.8 Å². The first-order chi connectivity index (χ1) is 13.8. The molecule has 3 aromatic rings. The molecule has 29 heavy (non-hydrogen) atoms. The van der Waals surface area contributed by atoms with Gasteiger partial charge in [-0.2, -0.15) is 0 Å². The molecule has 0 saturated carbocycles. The number of hydrogen-bond donors (Lipinski definition) is 1. The maximum absolute atomic E-state index is 13.3. The number of nitrogens with zero attached hydrogens (tertiary/aromatic N) is 4. The van der Waals surface area contributed by atoms with Crippen LogP contribution in [0, 0.1) is 6.92 Å². The number of nitrogens with one attached hydrogen (secondary N) is 1. The first-order valence-corrected chi connectivity index (χ1v) is 10.1. The Morgan fingerprint density at radius 2 is 1.90 bits per heavy atom. The van der Waals surface area contributed by atoms with Crippen molar-refractivity contribution < 1.29 is 9.53 Å². The van der Waals surface area contributed by atoms with Crippen molar-refractivity contribution in [1.82, 2.24) is 20.2 Å². The Morgan fingerprint density at radius 1 is 1.17 bits per heavy atom.